The maximum Gasteiger partial charge on any atom is 0.141 e. The van der Waals surface area contributed by atoms with Gasteiger partial charge in [-0.1, -0.05) is 68.3 Å². The highest BCUT2D eigenvalue weighted by Crippen LogP contribution is 2.48. The van der Waals surface area contributed by atoms with Gasteiger partial charge in [0.05, 0.1) is 10.6 Å². The van der Waals surface area contributed by atoms with E-state index in [0.29, 0.717) is 5.56 Å². The van der Waals surface area contributed by atoms with Crippen LogP contribution in [0.3, 0.4) is 0 Å². The first-order chi connectivity index (χ1) is 11.2. The van der Waals surface area contributed by atoms with Crippen LogP contribution in [0.4, 0.5) is 10.1 Å². The van der Waals surface area contributed by atoms with E-state index in [9.17, 15) is 4.39 Å². The minimum Gasteiger partial charge on any atom is -0.368 e. The van der Waals surface area contributed by atoms with E-state index in [1.54, 1.807) is 11.8 Å². The Labute approximate surface area is 142 Å². The molecule has 0 spiro atoms. The van der Waals surface area contributed by atoms with E-state index in [0.717, 1.165) is 17.0 Å². The molecule has 3 rings (SSSR count). The first kappa shape index (κ1) is 16.4. The maximum absolute atomic E-state index is 14.2. The smallest absolute Gasteiger partial charge is 0.141 e. The van der Waals surface area contributed by atoms with Crippen LogP contribution in [-0.4, -0.2) is 0 Å². The zero-order valence-corrected chi connectivity index (χ0v) is 14.7. The highest BCUT2D eigenvalue weighted by molar-refractivity contribution is 8.00. The zero-order chi connectivity index (χ0) is 16.2. The van der Waals surface area contributed by atoms with Crippen LogP contribution in [0.2, 0.25) is 0 Å². The number of thioether (sulfide) groups is 1. The SMILES string of the molecule is CCCCCCc1ccc(C2Nc3ccc(C)c(F)c3S2)cc1. The van der Waals surface area contributed by atoms with Gasteiger partial charge in [-0.25, -0.2) is 4.39 Å². The van der Waals surface area contributed by atoms with Crippen LogP contribution in [0, 0.1) is 12.7 Å². The van der Waals surface area contributed by atoms with Crippen molar-refractivity contribution in [2.24, 2.45) is 0 Å². The summed E-state index contributed by atoms with van der Waals surface area (Å²) in [5.41, 5.74) is 4.22. The number of hydrogen-bond donors (Lipinski definition) is 1. The van der Waals surface area contributed by atoms with E-state index in [1.807, 2.05) is 19.1 Å². The Morgan fingerprint density at radius 3 is 2.57 bits per heavy atom. The Balaban J connectivity index is 1.64. The minimum absolute atomic E-state index is 0.0879. The molecule has 23 heavy (non-hydrogen) atoms. The Bertz CT molecular complexity index is 666. The standard InChI is InChI=1S/C20H24FNS/c1-3-4-5-6-7-15-9-11-16(12-10-15)20-22-17-13-8-14(2)18(21)19(17)23-20/h8-13,20,22H,3-7H2,1-2H3. The molecule has 0 bridgehead atoms. The van der Waals surface area contributed by atoms with Crippen molar-refractivity contribution in [3.8, 4) is 0 Å². The summed E-state index contributed by atoms with van der Waals surface area (Å²) < 4.78 is 14.2. The molecule has 1 atom stereocenters. The van der Waals surface area contributed by atoms with Gasteiger partial charge in [-0.15, -0.1) is 0 Å². The third kappa shape index (κ3) is 3.72. The van der Waals surface area contributed by atoms with E-state index in [-0.39, 0.29) is 11.2 Å². The topological polar surface area (TPSA) is 12.0 Å². The number of aryl methyl sites for hydroxylation is 2. The predicted molar refractivity (Wildman–Crippen MR) is 97.6 cm³/mol. The number of unbranched alkanes of at least 4 members (excludes halogenated alkanes) is 3. The van der Waals surface area contributed by atoms with Crippen LogP contribution in [-0.2, 0) is 6.42 Å². The lowest BCUT2D eigenvalue weighted by atomic mass is 10.0. The van der Waals surface area contributed by atoms with Gasteiger partial charge in [0.1, 0.15) is 11.2 Å². The lowest BCUT2D eigenvalue weighted by Gasteiger charge is -2.11. The minimum atomic E-state index is -0.0879. The molecule has 1 nitrogen and oxygen atoms in total. The van der Waals surface area contributed by atoms with E-state index < -0.39 is 0 Å². The number of anilines is 1. The number of halogens is 1. The predicted octanol–water partition coefficient (Wildman–Crippen LogP) is 6.47. The number of benzene rings is 2. The lowest BCUT2D eigenvalue weighted by molar-refractivity contribution is 0.595. The fourth-order valence-electron chi connectivity index (χ4n) is 2.94. The average molecular weight is 329 g/mol. The summed E-state index contributed by atoms with van der Waals surface area (Å²) >= 11 is 1.57. The molecule has 2 aromatic rings. The van der Waals surface area contributed by atoms with Crippen molar-refractivity contribution in [1.82, 2.24) is 0 Å². The molecule has 0 radical (unpaired) electrons. The van der Waals surface area contributed by atoms with E-state index in [2.05, 4.69) is 36.5 Å². The number of hydrogen-bond acceptors (Lipinski definition) is 2. The van der Waals surface area contributed by atoms with Crippen LogP contribution in [0.25, 0.3) is 0 Å². The lowest BCUT2D eigenvalue weighted by Crippen LogP contribution is -2.01. The fourth-order valence-corrected chi connectivity index (χ4v) is 4.17. The second-order valence-corrected chi connectivity index (χ2v) is 7.38. The molecule has 122 valence electrons. The third-order valence-electron chi connectivity index (χ3n) is 4.41. The summed E-state index contributed by atoms with van der Waals surface area (Å²) in [4.78, 5) is 0.749. The third-order valence-corrected chi connectivity index (χ3v) is 5.67. The molecular formula is C20H24FNS. The molecular weight excluding hydrogens is 305 g/mol. The van der Waals surface area contributed by atoms with Gasteiger partial charge in [0.15, 0.2) is 0 Å². The van der Waals surface area contributed by atoms with Gasteiger partial charge in [-0.3, -0.25) is 0 Å². The van der Waals surface area contributed by atoms with Gasteiger partial charge in [-0.05, 0) is 42.5 Å². The normalized spacial score (nSPS) is 16.2. The molecule has 1 heterocycles. The van der Waals surface area contributed by atoms with Crippen LogP contribution in [0.5, 0.6) is 0 Å². The Morgan fingerprint density at radius 2 is 1.83 bits per heavy atom. The summed E-state index contributed by atoms with van der Waals surface area (Å²) in [6.45, 7) is 4.06. The van der Waals surface area contributed by atoms with Gasteiger partial charge in [0.2, 0.25) is 0 Å². The molecule has 0 saturated heterocycles. The van der Waals surface area contributed by atoms with Gasteiger partial charge >= 0.3 is 0 Å². The summed E-state index contributed by atoms with van der Waals surface area (Å²) in [6.07, 6.45) is 6.33. The highest BCUT2D eigenvalue weighted by Gasteiger charge is 2.26. The molecule has 0 amide bonds. The molecule has 0 saturated carbocycles. The monoisotopic (exact) mass is 329 g/mol. The van der Waals surface area contributed by atoms with E-state index in [1.165, 1.54) is 36.8 Å². The van der Waals surface area contributed by atoms with Crippen LogP contribution >= 0.6 is 11.8 Å². The second-order valence-electron chi connectivity index (χ2n) is 6.27. The molecule has 2 aromatic carbocycles. The van der Waals surface area contributed by atoms with Crippen molar-refractivity contribution in [2.45, 2.75) is 56.2 Å². The van der Waals surface area contributed by atoms with E-state index >= 15 is 0 Å². The van der Waals surface area contributed by atoms with Crippen LogP contribution < -0.4 is 5.32 Å². The molecule has 0 aromatic heterocycles. The number of rotatable bonds is 6. The highest BCUT2D eigenvalue weighted by atomic mass is 32.2. The molecule has 1 unspecified atom stereocenters. The van der Waals surface area contributed by atoms with Gasteiger partial charge in [0, 0.05) is 0 Å². The van der Waals surface area contributed by atoms with Gasteiger partial charge in [-0.2, -0.15) is 0 Å². The molecule has 1 aliphatic heterocycles. The van der Waals surface area contributed by atoms with Crippen molar-refractivity contribution in [3.63, 3.8) is 0 Å². The summed E-state index contributed by atoms with van der Waals surface area (Å²) in [7, 11) is 0. The quantitative estimate of drug-likeness (QED) is 0.609. The Hall–Kier alpha value is -1.48. The molecule has 0 fully saturated rings. The molecule has 1 aliphatic rings. The van der Waals surface area contributed by atoms with Crippen molar-refractivity contribution in [1.29, 1.82) is 0 Å². The Morgan fingerprint density at radius 1 is 1.04 bits per heavy atom. The van der Waals surface area contributed by atoms with Crippen LogP contribution in [0.15, 0.2) is 41.3 Å². The second kappa shape index (κ2) is 7.39. The first-order valence-electron chi connectivity index (χ1n) is 8.50. The van der Waals surface area contributed by atoms with Crippen molar-refractivity contribution >= 4 is 17.4 Å². The largest absolute Gasteiger partial charge is 0.368 e. The number of nitrogens with one attached hydrogen (secondary N) is 1. The average Bonchev–Trinajstić information content (AvgIpc) is 3.01. The molecule has 0 aliphatic carbocycles. The van der Waals surface area contributed by atoms with E-state index in [4.69, 9.17) is 0 Å². The summed E-state index contributed by atoms with van der Waals surface area (Å²) in [5.74, 6) is -0.0879. The first-order valence-corrected chi connectivity index (χ1v) is 9.38. The molecule has 3 heteroatoms. The fraction of sp³-hybridized carbons (Fsp3) is 0.400. The van der Waals surface area contributed by atoms with Gasteiger partial charge < -0.3 is 5.32 Å². The summed E-state index contributed by atoms with van der Waals surface area (Å²) in [5, 5.41) is 3.53. The maximum atomic E-state index is 14.2. The number of fused-ring (bicyclic) bond motifs is 1. The van der Waals surface area contributed by atoms with Gasteiger partial charge in [0.25, 0.3) is 0 Å². The molecule has 1 N–H and O–H groups in total. The van der Waals surface area contributed by atoms with Crippen molar-refractivity contribution < 1.29 is 4.39 Å². The van der Waals surface area contributed by atoms with Crippen LogP contribution in [0.1, 0.15) is 54.7 Å². The van der Waals surface area contributed by atoms with Crippen molar-refractivity contribution in [2.75, 3.05) is 5.32 Å². The Kier molecular flexibility index (Phi) is 5.27. The summed E-state index contributed by atoms with van der Waals surface area (Å²) in [6, 6.07) is 12.6. The van der Waals surface area contributed by atoms with Crippen molar-refractivity contribution in [3.05, 3.63) is 58.9 Å². The zero-order valence-electron chi connectivity index (χ0n) is 13.9.